The number of thioether (sulfide) groups is 2. The van der Waals surface area contributed by atoms with Crippen LogP contribution in [0.25, 0.3) is 0 Å². The summed E-state index contributed by atoms with van der Waals surface area (Å²) >= 11 is 3.71. The Morgan fingerprint density at radius 1 is 1.33 bits per heavy atom. The quantitative estimate of drug-likeness (QED) is 0.703. The second-order valence-electron chi connectivity index (χ2n) is 2.93. The number of Topliss-reactive ketones (excluding diaryl/α,β-unsaturated/α-hetero) is 1. The summed E-state index contributed by atoms with van der Waals surface area (Å²) in [5, 5.41) is 0. The second kappa shape index (κ2) is 4.56. The van der Waals surface area contributed by atoms with E-state index in [0.29, 0.717) is 12.2 Å². The van der Waals surface area contributed by atoms with Gasteiger partial charge in [0.15, 0.2) is 5.78 Å². The van der Waals surface area contributed by atoms with Crippen molar-refractivity contribution < 1.29 is 4.79 Å². The van der Waals surface area contributed by atoms with Crippen molar-refractivity contribution in [1.29, 1.82) is 0 Å². The van der Waals surface area contributed by atoms with E-state index >= 15 is 0 Å². The third kappa shape index (κ3) is 1.99. The molecule has 0 aliphatic carbocycles. The van der Waals surface area contributed by atoms with Gasteiger partial charge >= 0.3 is 0 Å². The molecular weight excluding hydrogens is 188 g/mol. The van der Waals surface area contributed by atoms with Gasteiger partial charge in [0.1, 0.15) is 4.08 Å². The second-order valence-corrected chi connectivity index (χ2v) is 5.98. The summed E-state index contributed by atoms with van der Waals surface area (Å²) in [6, 6.07) is 0. The Morgan fingerprint density at radius 3 is 2.33 bits per heavy atom. The zero-order chi connectivity index (χ0) is 9.03. The van der Waals surface area contributed by atoms with E-state index in [2.05, 4.69) is 6.92 Å². The third-order valence-electron chi connectivity index (χ3n) is 2.17. The molecule has 0 saturated carbocycles. The van der Waals surface area contributed by atoms with Gasteiger partial charge in [-0.25, -0.2) is 0 Å². The molecule has 0 aromatic heterocycles. The van der Waals surface area contributed by atoms with Crippen molar-refractivity contribution in [3.8, 4) is 0 Å². The lowest BCUT2D eigenvalue weighted by Gasteiger charge is -2.33. The predicted molar refractivity (Wildman–Crippen MR) is 57.9 cm³/mol. The van der Waals surface area contributed by atoms with Gasteiger partial charge < -0.3 is 0 Å². The first-order chi connectivity index (χ1) is 5.75. The third-order valence-corrected chi connectivity index (χ3v) is 5.83. The minimum Gasteiger partial charge on any atom is -0.297 e. The van der Waals surface area contributed by atoms with Gasteiger partial charge in [-0.15, -0.1) is 23.5 Å². The highest BCUT2D eigenvalue weighted by Crippen LogP contribution is 2.45. The van der Waals surface area contributed by atoms with E-state index in [0.717, 1.165) is 17.9 Å². The summed E-state index contributed by atoms with van der Waals surface area (Å²) in [6.07, 6.45) is 2.93. The van der Waals surface area contributed by atoms with Crippen molar-refractivity contribution in [2.45, 2.75) is 37.2 Å². The normalized spacial score (nSPS) is 22.2. The first-order valence-electron chi connectivity index (χ1n) is 4.56. The maximum Gasteiger partial charge on any atom is 0.158 e. The molecule has 70 valence electrons. The Bertz CT molecular complexity index is 162. The maximum absolute atomic E-state index is 11.7. The van der Waals surface area contributed by atoms with Gasteiger partial charge in [-0.2, -0.15) is 0 Å². The molecule has 0 amide bonds. The predicted octanol–water partition coefficient (Wildman–Crippen LogP) is 2.94. The smallest absolute Gasteiger partial charge is 0.158 e. The van der Waals surface area contributed by atoms with E-state index < -0.39 is 0 Å². The molecule has 0 spiro atoms. The van der Waals surface area contributed by atoms with Crippen molar-refractivity contribution >= 4 is 29.3 Å². The first kappa shape index (κ1) is 10.5. The lowest BCUT2D eigenvalue weighted by atomic mass is 10.2. The van der Waals surface area contributed by atoms with Gasteiger partial charge in [-0.05, 0) is 24.3 Å². The van der Waals surface area contributed by atoms with E-state index in [1.165, 1.54) is 6.42 Å². The average Bonchev–Trinajstić information content (AvgIpc) is 2.17. The number of ketones is 1. The fourth-order valence-electron chi connectivity index (χ4n) is 1.41. The number of rotatable bonds is 3. The highest BCUT2D eigenvalue weighted by Gasteiger charge is 2.37. The van der Waals surface area contributed by atoms with Crippen LogP contribution in [0.3, 0.4) is 0 Å². The molecule has 1 saturated heterocycles. The molecule has 1 fully saturated rings. The van der Waals surface area contributed by atoms with Crippen molar-refractivity contribution in [1.82, 2.24) is 0 Å². The molecule has 0 aromatic rings. The number of carbonyl (C=O) groups excluding carboxylic acids is 1. The fraction of sp³-hybridized carbons (Fsp3) is 0.889. The van der Waals surface area contributed by atoms with Crippen LogP contribution < -0.4 is 0 Å². The topological polar surface area (TPSA) is 17.1 Å². The standard InChI is InChI=1S/C9H16OS2/c1-3-8(10)9(4-2)11-6-5-7-12-9/h3-7H2,1-2H3. The molecule has 1 aliphatic rings. The summed E-state index contributed by atoms with van der Waals surface area (Å²) in [5.74, 6) is 2.75. The van der Waals surface area contributed by atoms with Gasteiger partial charge in [0.05, 0.1) is 0 Å². The van der Waals surface area contributed by atoms with Crippen LogP contribution in [0.1, 0.15) is 33.1 Å². The first-order valence-corrected chi connectivity index (χ1v) is 6.53. The zero-order valence-electron chi connectivity index (χ0n) is 7.76. The van der Waals surface area contributed by atoms with Crippen LogP contribution >= 0.6 is 23.5 Å². The van der Waals surface area contributed by atoms with E-state index in [-0.39, 0.29) is 4.08 Å². The zero-order valence-corrected chi connectivity index (χ0v) is 9.39. The average molecular weight is 204 g/mol. The number of carbonyl (C=O) groups is 1. The van der Waals surface area contributed by atoms with Gasteiger partial charge in [0.2, 0.25) is 0 Å². The molecule has 1 nitrogen and oxygen atoms in total. The van der Waals surface area contributed by atoms with Crippen LogP contribution in [0.15, 0.2) is 0 Å². The summed E-state index contributed by atoms with van der Waals surface area (Å²) in [6.45, 7) is 4.09. The van der Waals surface area contributed by atoms with E-state index in [4.69, 9.17) is 0 Å². The van der Waals surface area contributed by atoms with Crippen molar-refractivity contribution in [2.75, 3.05) is 11.5 Å². The Balaban J connectivity index is 2.66. The minimum absolute atomic E-state index is 0.0764. The van der Waals surface area contributed by atoms with Crippen molar-refractivity contribution in [2.24, 2.45) is 0 Å². The molecule has 3 heteroatoms. The Labute approximate surface area is 83.1 Å². The lowest BCUT2D eigenvalue weighted by Crippen LogP contribution is -2.33. The highest BCUT2D eigenvalue weighted by atomic mass is 32.2. The molecular formula is C9H16OS2. The number of hydrogen-bond donors (Lipinski definition) is 0. The van der Waals surface area contributed by atoms with Gasteiger partial charge in [0.25, 0.3) is 0 Å². The van der Waals surface area contributed by atoms with Crippen LogP contribution in [-0.2, 0) is 4.79 Å². The Kier molecular flexibility index (Phi) is 3.97. The summed E-state index contributed by atoms with van der Waals surface area (Å²) in [5.41, 5.74) is 0. The molecule has 0 bridgehead atoms. The fourth-order valence-corrected chi connectivity index (χ4v) is 4.68. The van der Waals surface area contributed by atoms with Crippen LogP contribution in [-0.4, -0.2) is 21.4 Å². The summed E-state index contributed by atoms with van der Waals surface area (Å²) < 4.78 is -0.0764. The van der Waals surface area contributed by atoms with Crippen LogP contribution in [0.4, 0.5) is 0 Å². The Morgan fingerprint density at radius 2 is 1.92 bits per heavy atom. The molecule has 0 atom stereocenters. The van der Waals surface area contributed by atoms with Crippen LogP contribution in [0.5, 0.6) is 0 Å². The molecule has 0 unspecified atom stereocenters. The molecule has 12 heavy (non-hydrogen) atoms. The molecule has 0 radical (unpaired) electrons. The molecule has 0 aromatic carbocycles. The van der Waals surface area contributed by atoms with Crippen LogP contribution in [0.2, 0.25) is 0 Å². The van der Waals surface area contributed by atoms with E-state index in [1.807, 2.05) is 30.4 Å². The monoisotopic (exact) mass is 204 g/mol. The van der Waals surface area contributed by atoms with Gasteiger partial charge in [-0.3, -0.25) is 4.79 Å². The van der Waals surface area contributed by atoms with Gasteiger partial charge in [-0.1, -0.05) is 13.8 Å². The molecule has 0 N–H and O–H groups in total. The van der Waals surface area contributed by atoms with Crippen molar-refractivity contribution in [3.05, 3.63) is 0 Å². The van der Waals surface area contributed by atoms with Gasteiger partial charge in [0, 0.05) is 6.42 Å². The van der Waals surface area contributed by atoms with E-state index in [1.54, 1.807) is 0 Å². The lowest BCUT2D eigenvalue weighted by molar-refractivity contribution is -0.119. The maximum atomic E-state index is 11.7. The van der Waals surface area contributed by atoms with Crippen LogP contribution in [0, 0.1) is 0 Å². The summed E-state index contributed by atoms with van der Waals surface area (Å²) in [4.78, 5) is 11.7. The Hall–Kier alpha value is 0.370. The highest BCUT2D eigenvalue weighted by molar-refractivity contribution is 8.19. The largest absolute Gasteiger partial charge is 0.297 e. The molecule has 1 aliphatic heterocycles. The minimum atomic E-state index is -0.0764. The SMILES string of the molecule is CCC(=O)C1(CC)SCCCS1. The van der Waals surface area contributed by atoms with E-state index in [9.17, 15) is 4.79 Å². The molecule has 1 heterocycles. The number of hydrogen-bond acceptors (Lipinski definition) is 3. The molecule has 1 rings (SSSR count). The van der Waals surface area contributed by atoms with Crippen molar-refractivity contribution in [3.63, 3.8) is 0 Å². The summed E-state index contributed by atoms with van der Waals surface area (Å²) in [7, 11) is 0.